The summed E-state index contributed by atoms with van der Waals surface area (Å²) in [4.78, 5) is 15.1. The lowest BCUT2D eigenvalue weighted by Gasteiger charge is -2.28. The maximum atomic E-state index is 12.2. The normalized spacial score (nSPS) is 22.4. The number of imidazole rings is 1. The summed E-state index contributed by atoms with van der Waals surface area (Å²) in [5, 5.41) is 0. The van der Waals surface area contributed by atoms with E-state index in [0.29, 0.717) is 5.92 Å². The fourth-order valence-corrected chi connectivity index (χ4v) is 2.77. The molecule has 1 aromatic heterocycles. The van der Waals surface area contributed by atoms with Gasteiger partial charge >= 0.3 is 5.69 Å². The first-order chi connectivity index (χ1) is 8.51. The molecular weight excluding hydrogens is 224 g/mol. The summed E-state index contributed by atoms with van der Waals surface area (Å²) in [5.41, 5.74) is 2.99. The molecule has 1 aliphatic rings. The van der Waals surface area contributed by atoms with E-state index in [9.17, 15) is 4.79 Å². The van der Waals surface area contributed by atoms with Crippen LogP contribution >= 0.6 is 0 Å². The predicted octanol–water partition coefficient (Wildman–Crippen LogP) is 3.24. The Balaban J connectivity index is 2.28. The van der Waals surface area contributed by atoms with Crippen LogP contribution in [0, 0.1) is 11.3 Å². The molecule has 3 nitrogen and oxygen atoms in total. The Kier molecular flexibility index (Phi) is 2.27. The Labute approximate surface area is 106 Å². The molecule has 1 heterocycles. The first-order valence-electron chi connectivity index (χ1n) is 6.42. The van der Waals surface area contributed by atoms with Gasteiger partial charge in [0.05, 0.1) is 11.0 Å². The van der Waals surface area contributed by atoms with E-state index < -0.39 is 0 Å². The van der Waals surface area contributed by atoms with Gasteiger partial charge in [-0.3, -0.25) is 4.57 Å². The zero-order valence-electron chi connectivity index (χ0n) is 11.0. The summed E-state index contributed by atoms with van der Waals surface area (Å²) in [5.74, 6) is 0.563. The van der Waals surface area contributed by atoms with Crippen LogP contribution in [0.25, 0.3) is 16.7 Å². The first-order valence-corrected chi connectivity index (χ1v) is 6.42. The second-order valence-electron chi connectivity index (χ2n) is 5.73. The van der Waals surface area contributed by atoms with Crippen LogP contribution in [-0.4, -0.2) is 9.55 Å². The minimum absolute atomic E-state index is 0.0365. The van der Waals surface area contributed by atoms with Crippen molar-refractivity contribution in [1.29, 1.82) is 0 Å². The lowest BCUT2D eigenvalue weighted by Crippen LogP contribution is -2.26. The highest BCUT2D eigenvalue weighted by Crippen LogP contribution is 2.45. The first kappa shape index (κ1) is 11.3. The van der Waals surface area contributed by atoms with E-state index in [1.54, 1.807) is 0 Å². The van der Waals surface area contributed by atoms with E-state index in [1.807, 2.05) is 28.8 Å². The molecule has 1 aromatic carbocycles. The van der Waals surface area contributed by atoms with Gasteiger partial charge in [0, 0.05) is 11.1 Å². The number of aromatic amines is 1. The number of fused-ring (bicyclic) bond motifs is 1. The SMILES string of the molecule is CC1CC=C(n2c(=O)[nH]c3ccccc32)C1(C)C. The van der Waals surface area contributed by atoms with Crippen LogP contribution in [0.4, 0.5) is 0 Å². The van der Waals surface area contributed by atoms with Crippen LogP contribution in [0.2, 0.25) is 0 Å². The quantitative estimate of drug-likeness (QED) is 0.819. The van der Waals surface area contributed by atoms with Crippen LogP contribution in [0.5, 0.6) is 0 Å². The van der Waals surface area contributed by atoms with Crippen molar-refractivity contribution in [3.63, 3.8) is 0 Å². The average Bonchev–Trinajstić information content (AvgIpc) is 2.77. The van der Waals surface area contributed by atoms with Gasteiger partial charge in [0.2, 0.25) is 0 Å². The van der Waals surface area contributed by atoms with E-state index in [0.717, 1.165) is 23.2 Å². The Morgan fingerprint density at radius 1 is 1.33 bits per heavy atom. The lowest BCUT2D eigenvalue weighted by atomic mass is 9.81. The van der Waals surface area contributed by atoms with Gasteiger partial charge in [0.25, 0.3) is 0 Å². The fraction of sp³-hybridized carbons (Fsp3) is 0.400. The molecule has 1 unspecified atom stereocenters. The van der Waals surface area contributed by atoms with E-state index in [4.69, 9.17) is 0 Å². The number of benzene rings is 1. The second kappa shape index (κ2) is 3.61. The molecule has 0 bridgehead atoms. The highest BCUT2D eigenvalue weighted by Gasteiger charge is 2.36. The zero-order chi connectivity index (χ0) is 12.9. The summed E-state index contributed by atoms with van der Waals surface area (Å²) in [6.45, 7) is 6.67. The molecular formula is C15H18N2O. The van der Waals surface area contributed by atoms with Crippen molar-refractivity contribution in [2.45, 2.75) is 27.2 Å². The molecule has 3 rings (SSSR count). The van der Waals surface area contributed by atoms with Crippen molar-refractivity contribution in [2.24, 2.45) is 11.3 Å². The molecule has 18 heavy (non-hydrogen) atoms. The maximum Gasteiger partial charge on any atom is 0.330 e. The van der Waals surface area contributed by atoms with Gasteiger partial charge in [0.15, 0.2) is 0 Å². The molecule has 0 radical (unpaired) electrons. The molecule has 0 saturated heterocycles. The maximum absolute atomic E-state index is 12.2. The van der Waals surface area contributed by atoms with Crippen LogP contribution in [-0.2, 0) is 0 Å². The number of para-hydroxylation sites is 2. The number of rotatable bonds is 1. The number of aromatic nitrogens is 2. The predicted molar refractivity (Wildman–Crippen MR) is 74.4 cm³/mol. The number of hydrogen-bond acceptors (Lipinski definition) is 1. The molecule has 1 aliphatic carbocycles. The minimum atomic E-state index is -0.0374. The van der Waals surface area contributed by atoms with Gasteiger partial charge in [-0.15, -0.1) is 0 Å². The van der Waals surface area contributed by atoms with Gasteiger partial charge in [-0.2, -0.15) is 0 Å². The molecule has 0 amide bonds. The monoisotopic (exact) mass is 242 g/mol. The van der Waals surface area contributed by atoms with Crippen LogP contribution in [0.1, 0.15) is 27.2 Å². The molecule has 0 fully saturated rings. The molecule has 0 saturated carbocycles. The van der Waals surface area contributed by atoms with E-state index in [2.05, 4.69) is 31.8 Å². The Bertz CT molecular complexity index is 688. The molecule has 1 atom stereocenters. The second-order valence-corrected chi connectivity index (χ2v) is 5.73. The number of H-pyrrole nitrogens is 1. The van der Waals surface area contributed by atoms with E-state index >= 15 is 0 Å². The topological polar surface area (TPSA) is 37.8 Å². The lowest BCUT2D eigenvalue weighted by molar-refractivity contribution is 0.338. The third-order valence-corrected chi connectivity index (χ3v) is 4.39. The highest BCUT2D eigenvalue weighted by molar-refractivity contribution is 5.80. The van der Waals surface area contributed by atoms with Gasteiger partial charge in [-0.05, 0) is 24.5 Å². The van der Waals surface area contributed by atoms with Crippen molar-refractivity contribution in [3.8, 4) is 0 Å². The van der Waals surface area contributed by atoms with Crippen LogP contribution in [0.3, 0.4) is 0 Å². The summed E-state index contributed by atoms with van der Waals surface area (Å²) in [7, 11) is 0. The van der Waals surface area contributed by atoms with Crippen molar-refractivity contribution >= 4 is 16.7 Å². The number of allylic oxidation sites excluding steroid dienone is 2. The third-order valence-electron chi connectivity index (χ3n) is 4.39. The van der Waals surface area contributed by atoms with E-state index in [1.165, 1.54) is 0 Å². The minimum Gasteiger partial charge on any atom is -0.305 e. The summed E-state index contributed by atoms with van der Waals surface area (Å²) < 4.78 is 1.83. The molecule has 3 heteroatoms. The van der Waals surface area contributed by atoms with Gasteiger partial charge < -0.3 is 4.98 Å². The standard InChI is InChI=1S/C15H18N2O/c1-10-8-9-13(15(10,2)3)17-12-7-5-4-6-11(12)16-14(17)18/h4-7,9-10H,8H2,1-3H3,(H,16,18). The van der Waals surface area contributed by atoms with Crippen molar-refractivity contribution in [1.82, 2.24) is 9.55 Å². The molecule has 0 aliphatic heterocycles. The smallest absolute Gasteiger partial charge is 0.305 e. The largest absolute Gasteiger partial charge is 0.330 e. The average molecular weight is 242 g/mol. The number of nitrogens with one attached hydrogen (secondary N) is 1. The summed E-state index contributed by atoms with van der Waals surface area (Å²) >= 11 is 0. The summed E-state index contributed by atoms with van der Waals surface area (Å²) in [6, 6.07) is 7.85. The van der Waals surface area contributed by atoms with Gasteiger partial charge in [0.1, 0.15) is 0 Å². The van der Waals surface area contributed by atoms with Crippen molar-refractivity contribution < 1.29 is 0 Å². The van der Waals surface area contributed by atoms with Crippen molar-refractivity contribution in [2.75, 3.05) is 0 Å². The Morgan fingerprint density at radius 3 is 2.72 bits per heavy atom. The molecule has 2 aromatic rings. The fourth-order valence-electron chi connectivity index (χ4n) is 2.77. The molecule has 1 N–H and O–H groups in total. The Morgan fingerprint density at radius 2 is 2.06 bits per heavy atom. The van der Waals surface area contributed by atoms with Crippen molar-refractivity contribution in [3.05, 3.63) is 40.8 Å². The van der Waals surface area contributed by atoms with Gasteiger partial charge in [-0.25, -0.2) is 4.79 Å². The van der Waals surface area contributed by atoms with E-state index in [-0.39, 0.29) is 11.1 Å². The zero-order valence-corrected chi connectivity index (χ0v) is 11.0. The van der Waals surface area contributed by atoms with Crippen LogP contribution < -0.4 is 5.69 Å². The Hall–Kier alpha value is -1.77. The highest BCUT2D eigenvalue weighted by atomic mass is 16.1. The van der Waals surface area contributed by atoms with Crippen LogP contribution in [0.15, 0.2) is 35.1 Å². The van der Waals surface area contributed by atoms with Gasteiger partial charge in [-0.1, -0.05) is 39.0 Å². The molecule has 94 valence electrons. The number of hydrogen-bond donors (Lipinski definition) is 1. The number of nitrogens with zero attached hydrogens (tertiary/aromatic N) is 1. The molecule has 0 spiro atoms. The third kappa shape index (κ3) is 1.40. The summed E-state index contributed by atoms with van der Waals surface area (Å²) in [6.07, 6.45) is 3.24.